The lowest BCUT2D eigenvalue weighted by atomic mass is 10.2. The van der Waals surface area contributed by atoms with Crippen molar-refractivity contribution in [1.82, 2.24) is 0 Å². The van der Waals surface area contributed by atoms with Crippen molar-refractivity contribution in [3.63, 3.8) is 0 Å². The molecule has 1 heteroatoms. The van der Waals surface area contributed by atoms with E-state index < -0.39 is 0 Å². The number of rotatable bonds is 0. The molecule has 0 aromatic heterocycles. The van der Waals surface area contributed by atoms with Gasteiger partial charge in [-0.15, -0.1) is 0 Å². The molecule has 0 spiro atoms. The summed E-state index contributed by atoms with van der Waals surface area (Å²) in [6, 6.07) is 0. The second-order valence-corrected chi connectivity index (χ2v) is 2.37. The summed E-state index contributed by atoms with van der Waals surface area (Å²) in [7, 11) is 0. The highest BCUT2D eigenvalue weighted by atomic mass is 16.5. The smallest absolute Gasteiger partial charge is 0.111 e. The Kier molecular flexibility index (Phi) is 0.810. The molecule has 0 atom stereocenters. The van der Waals surface area contributed by atoms with Gasteiger partial charge in [0.05, 0.1) is 0 Å². The fourth-order valence-corrected chi connectivity index (χ4v) is 1.22. The van der Waals surface area contributed by atoms with Gasteiger partial charge in [0.15, 0.2) is 0 Å². The molecule has 1 aliphatic carbocycles. The van der Waals surface area contributed by atoms with Crippen LogP contribution < -0.4 is 0 Å². The summed E-state index contributed by atoms with van der Waals surface area (Å²) in [5.41, 5.74) is 1.32. The van der Waals surface area contributed by atoms with Gasteiger partial charge >= 0.3 is 0 Å². The summed E-state index contributed by atoms with van der Waals surface area (Å²) in [4.78, 5) is 0. The minimum atomic E-state index is 0.893. The van der Waals surface area contributed by atoms with Gasteiger partial charge < -0.3 is 4.74 Å². The van der Waals surface area contributed by atoms with E-state index in [-0.39, 0.29) is 0 Å². The number of hydrogen-bond donors (Lipinski definition) is 0. The van der Waals surface area contributed by atoms with Crippen LogP contribution in [0.5, 0.6) is 0 Å². The van der Waals surface area contributed by atoms with Gasteiger partial charge in [0.1, 0.15) is 11.5 Å². The predicted molar refractivity (Wildman–Crippen MR) is 35.6 cm³/mol. The minimum Gasteiger partial charge on any atom is -0.466 e. The predicted octanol–water partition coefficient (Wildman–Crippen LogP) is 2.13. The van der Waals surface area contributed by atoms with E-state index in [0.29, 0.717) is 0 Å². The molecule has 0 aromatic carbocycles. The highest BCUT2D eigenvalue weighted by Gasteiger charge is 2.19. The van der Waals surface area contributed by atoms with E-state index in [1.54, 1.807) is 0 Å². The van der Waals surface area contributed by atoms with Gasteiger partial charge in [-0.25, -0.2) is 0 Å². The molecule has 0 unspecified atom stereocenters. The molecule has 0 amide bonds. The molecule has 0 radical (unpaired) electrons. The van der Waals surface area contributed by atoms with Crippen LogP contribution in [0.2, 0.25) is 0 Å². The van der Waals surface area contributed by atoms with Crippen LogP contribution in [0.25, 0.3) is 0 Å². The third-order valence-electron chi connectivity index (χ3n) is 1.64. The molecule has 0 saturated heterocycles. The molecule has 0 N–H and O–H groups in total. The average Bonchev–Trinajstić information content (AvgIpc) is 2.22. The molecular weight excluding hydrogens is 112 g/mol. The highest BCUT2D eigenvalue weighted by molar-refractivity contribution is 5.37. The third-order valence-corrected chi connectivity index (χ3v) is 1.64. The molecule has 1 heterocycles. The molecule has 46 valence electrons. The van der Waals surface area contributed by atoms with E-state index >= 15 is 0 Å². The van der Waals surface area contributed by atoms with Crippen LogP contribution in [0.15, 0.2) is 35.8 Å². The topological polar surface area (TPSA) is 9.23 Å². The van der Waals surface area contributed by atoms with Crippen LogP contribution in [0, 0.1) is 0 Å². The first-order chi connectivity index (χ1) is 4.36. The maximum atomic E-state index is 5.31. The molecule has 1 aliphatic heterocycles. The molecule has 0 aromatic rings. The molecular formula is C8H8O. The monoisotopic (exact) mass is 120 g/mol. The zero-order valence-electron chi connectivity index (χ0n) is 5.18. The molecule has 1 nitrogen and oxygen atoms in total. The lowest BCUT2D eigenvalue weighted by Crippen LogP contribution is -1.78. The normalized spacial score (nSPS) is 22.9. The standard InChI is InChI=1S/C8H8O/c1-6-5-7-3-2-4-8(7)9-6/h2-3H,1,4-5H2. The minimum absolute atomic E-state index is 0.893. The van der Waals surface area contributed by atoms with E-state index in [0.717, 1.165) is 24.4 Å². The van der Waals surface area contributed by atoms with Crippen LogP contribution in [0.3, 0.4) is 0 Å². The number of allylic oxidation sites excluding steroid dienone is 3. The third kappa shape index (κ3) is 0.611. The summed E-state index contributed by atoms with van der Waals surface area (Å²) in [6.07, 6.45) is 6.13. The highest BCUT2D eigenvalue weighted by Crippen LogP contribution is 2.33. The first-order valence-electron chi connectivity index (χ1n) is 3.10. The Morgan fingerprint density at radius 1 is 1.56 bits per heavy atom. The second-order valence-electron chi connectivity index (χ2n) is 2.37. The van der Waals surface area contributed by atoms with Crippen molar-refractivity contribution in [3.8, 4) is 0 Å². The molecule has 0 bridgehead atoms. The largest absolute Gasteiger partial charge is 0.466 e. The Labute approximate surface area is 54.3 Å². The van der Waals surface area contributed by atoms with Gasteiger partial charge in [-0.05, 0) is 5.57 Å². The van der Waals surface area contributed by atoms with Crippen molar-refractivity contribution in [2.45, 2.75) is 12.8 Å². The lowest BCUT2D eigenvalue weighted by molar-refractivity contribution is 0.319. The summed E-state index contributed by atoms with van der Waals surface area (Å²) in [5, 5.41) is 0. The van der Waals surface area contributed by atoms with Crippen molar-refractivity contribution in [3.05, 3.63) is 35.8 Å². The Bertz CT molecular complexity index is 221. The average molecular weight is 120 g/mol. The zero-order chi connectivity index (χ0) is 6.27. The fraction of sp³-hybridized carbons (Fsp3) is 0.250. The van der Waals surface area contributed by atoms with Crippen molar-refractivity contribution in [2.24, 2.45) is 0 Å². The number of hydrogen-bond acceptors (Lipinski definition) is 1. The van der Waals surface area contributed by atoms with E-state index in [9.17, 15) is 0 Å². The SMILES string of the molecule is C=C1CC2=C(CC=C2)O1. The van der Waals surface area contributed by atoms with Gasteiger partial charge in [-0.2, -0.15) is 0 Å². The van der Waals surface area contributed by atoms with Gasteiger partial charge in [-0.3, -0.25) is 0 Å². The van der Waals surface area contributed by atoms with Gasteiger partial charge in [0.2, 0.25) is 0 Å². The van der Waals surface area contributed by atoms with Crippen molar-refractivity contribution in [2.75, 3.05) is 0 Å². The quantitative estimate of drug-likeness (QED) is 0.476. The van der Waals surface area contributed by atoms with E-state index in [1.165, 1.54) is 5.57 Å². The lowest BCUT2D eigenvalue weighted by Gasteiger charge is -1.97. The summed E-state index contributed by atoms with van der Waals surface area (Å²) >= 11 is 0. The van der Waals surface area contributed by atoms with Crippen LogP contribution in [0.4, 0.5) is 0 Å². The first-order valence-corrected chi connectivity index (χ1v) is 3.10. The zero-order valence-corrected chi connectivity index (χ0v) is 5.18. The van der Waals surface area contributed by atoms with E-state index in [2.05, 4.69) is 18.7 Å². The summed E-state index contributed by atoms with van der Waals surface area (Å²) in [6.45, 7) is 3.74. The van der Waals surface area contributed by atoms with Crippen LogP contribution in [-0.4, -0.2) is 0 Å². The van der Waals surface area contributed by atoms with E-state index in [4.69, 9.17) is 4.74 Å². The summed E-state index contributed by atoms with van der Waals surface area (Å²) in [5.74, 6) is 2.00. The Morgan fingerprint density at radius 3 is 3.22 bits per heavy atom. The Morgan fingerprint density at radius 2 is 2.44 bits per heavy atom. The number of ether oxygens (including phenoxy) is 1. The van der Waals surface area contributed by atoms with Crippen molar-refractivity contribution in [1.29, 1.82) is 0 Å². The van der Waals surface area contributed by atoms with Gasteiger partial charge in [0, 0.05) is 12.8 Å². The van der Waals surface area contributed by atoms with Crippen LogP contribution in [0.1, 0.15) is 12.8 Å². The Balaban J connectivity index is 2.32. The van der Waals surface area contributed by atoms with E-state index in [1.807, 2.05) is 0 Å². The molecule has 2 rings (SSSR count). The fourth-order valence-electron chi connectivity index (χ4n) is 1.22. The maximum Gasteiger partial charge on any atom is 0.111 e. The Hall–Kier alpha value is -0.980. The molecule has 0 saturated carbocycles. The maximum absolute atomic E-state index is 5.31. The van der Waals surface area contributed by atoms with Crippen molar-refractivity contribution >= 4 is 0 Å². The summed E-state index contributed by atoms with van der Waals surface area (Å²) < 4.78 is 5.31. The first kappa shape index (κ1) is 4.86. The van der Waals surface area contributed by atoms with Crippen LogP contribution in [-0.2, 0) is 4.74 Å². The molecule has 9 heavy (non-hydrogen) atoms. The van der Waals surface area contributed by atoms with Crippen molar-refractivity contribution < 1.29 is 4.74 Å². The molecule has 2 aliphatic rings. The van der Waals surface area contributed by atoms with Gasteiger partial charge in [-0.1, -0.05) is 18.7 Å². The second kappa shape index (κ2) is 1.50. The van der Waals surface area contributed by atoms with Gasteiger partial charge in [0.25, 0.3) is 0 Å². The van der Waals surface area contributed by atoms with Crippen LogP contribution >= 0.6 is 0 Å². The molecule has 0 fully saturated rings.